The standard InChI is InChI=1S/C12H13FN4O2/c1-2-14-10-4-3-8(5-15-10)6-17-7-9(13)11(18)16-12(17)19/h3-5,7H,2,6H2,1H3,(H,14,15)(H,16,18,19). The largest absolute Gasteiger partial charge is 0.370 e. The van der Waals surface area contributed by atoms with E-state index in [1.54, 1.807) is 18.3 Å². The van der Waals surface area contributed by atoms with Crippen LogP contribution >= 0.6 is 0 Å². The number of pyridine rings is 1. The maximum atomic E-state index is 13.1. The Morgan fingerprint density at radius 2 is 2.21 bits per heavy atom. The monoisotopic (exact) mass is 264 g/mol. The molecule has 0 radical (unpaired) electrons. The molecule has 0 amide bonds. The lowest BCUT2D eigenvalue weighted by molar-refractivity contribution is 0.566. The van der Waals surface area contributed by atoms with Gasteiger partial charge in [0.25, 0.3) is 5.56 Å². The van der Waals surface area contributed by atoms with Gasteiger partial charge in [0.2, 0.25) is 5.82 Å². The molecule has 0 saturated carbocycles. The van der Waals surface area contributed by atoms with E-state index in [1.807, 2.05) is 11.9 Å². The molecule has 2 aromatic rings. The topological polar surface area (TPSA) is 79.8 Å². The number of halogens is 1. The van der Waals surface area contributed by atoms with Crippen molar-refractivity contribution in [1.29, 1.82) is 0 Å². The molecule has 0 aliphatic heterocycles. The molecule has 0 aliphatic rings. The fraction of sp³-hybridized carbons (Fsp3) is 0.250. The van der Waals surface area contributed by atoms with Gasteiger partial charge in [0.15, 0.2) is 0 Å². The van der Waals surface area contributed by atoms with Gasteiger partial charge in [-0.25, -0.2) is 9.78 Å². The summed E-state index contributed by atoms with van der Waals surface area (Å²) in [5, 5.41) is 3.04. The second-order valence-electron chi connectivity index (χ2n) is 3.95. The molecule has 0 unspecified atom stereocenters. The third kappa shape index (κ3) is 3.06. The number of hydrogen-bond acceptors (Lipinski definition) is 4. The zero-order chi connectivity index (χ0) is 13.8. The molecule has 7 heteroatoms. The number of rotatable bonds is 4. The minimum absolute atomic E-state index is 0.145. The van der Waals surface area contributed by atoms with Crippen LogP contribution in [0.2, 0.25) is 0 Å². The van der Waals surface area contributed by atoms with E-state index in [4.69, 9.17) is 0 Å². The van der Waals surface area contributed by atoms with Crippen molar-refractivity contribution in [2.45, 2.75) is 13.5 Å². The van der Waals surface area contributed by atoms with E-state index in [0.717, 1.165) is 28.7 Å². The molecule has 0 fully saturated rings. The van der Waals surface area contributed by atoms with Crippen molar-refractivity contribution in [3.05, 3.63) is 56.7 Å². The van der Waals surface area contributed by atoms with Gasteiger partial charge >= 0.3 is 5.69 Å². The highest BCUT2D eigenvalue weighted by molar-refractivity contribution is 5.35. The van der Waals surface area contributed by atoms with Gasteiger partial charge in [-0.1, -0.05) is 6.07 Å². The van der Waals surface area contributed by atoms with Crippen LogP contribution in [0, 0.1) is 5.82 Å². The molecule has 0 saturated heterocycles. The highest BCUT2D eigenvalue weighted by atomic mass is 19.1. The predicted octanol–water partition coefficient (Wildman–Crippen LogP) is 0.551. The molecule has 2 N–H and O–H groups in total. The Morgan fingerprint density at radius 3 is 2.84 bits per heavy atom. The Bertz CT molecular complexity index is 675. The third-order valence-corrected chi connectivity index (χ3v) is 2.50. The number of anilines is 1. The van der Waals surface area contributed by atoms with Crippen LogP contribution in [-0.2, 0) is 6.54 Å². The van der Waals surface area contributed by atoms with Crippen LogP contribution in [0.15, 0.2) is 34.1 Å². The molecule has 6 nitrogen and oxygen atoms in total. The fourth-order valence-corrected chi connectivity index (χ4v) is 1.60. The summed E-state index contributed by atoms with van der Waals surface area (Å²) in [6.07, 6.45) is 2.48. The Balaban J connectivity index is 2.24. The average molecular weight is 264 g/mol. The van der Waals surface area contributed by atoms with Crippen LogP contribution in [0.1, 0.15) is 12.5 Å². The summed E-state index contributed by atoms with van der Waals surface area (Å²) < 4.78 is 14.2. The molecule has 100 valence electrons. The average Bonchev–Trinajstić information content (AvgIpc) is 2.38. The lowest BCUT2D eigenvalue weighted by atomic mass is 10.3. The van der Waals surface area contributed by atoms with Crippen molar-refractivity contribution in [2.75, 3.05) is 11.9 Å². The number of aromatic nitrogens is 3. The molecule has 0 aromatic carbocycles. The fourth-order valence-electron chi connectivity index (χ4n) is 1.60. The molecule has 2 rings (SSSR count). The molecule has 0 aliphatic carbocycles. The zero-order valence-corrected chi connectivity index (χ0v) is 10.3. The number of nitrogens with zero attached hydrogens (tertiary/aromatic N) is 2. The van der Waals surface area contributed by atoms with Crippen LogP contribution in [-0.4, -0.2) is 21.1 Å². The van der Waals surface area contributed by atoms with Crippen molar-refractivity contribution in [3.63, 3.8) is 0 Å². The van der Waals surface area contributed by atoms with Gasteiger partial charge in [0.1, 0.15) is 5.82 Å². The van der Waals surface area contributed by atoms with E-state index in [-0.39, 0.29) is 6.54 Å². The summed E-state index contributed by atoms with van der Waals surface area (Å²) in [6, 6.07) is 3.55. The minimum Gasteiger partial charge on any atom is -0.370 e. The highest BCUT2D eigenvalue weighted by Gasteiger charge is 2.04. The first-order valence-corrected chi connectivity index (χ1v) is 5.78. The number of nitrogens with one attached hydrogen (secondary N) is 2. The van der Waals surface area contributed by atoms with Crippen molar-refractivity contribution < 1.29 is 4.39 Å². The lowest BCUT2D eigenvalue weighted by Crippen LogP contribution is -2.31. The van der Waals surface area contributed by atoms with Crippen LogP contribution in [0.25, 0.3) is 0 Å². The van der Waals surface area contributed by atoms with Gasteiger partial charge in [-0.2, -0.15) is 4.39 Å². The normalized spacial score (nSPS) is 10.4. The van der Waals surface area contributed by atoms with E-state index < -0.39 is 17.1 Å². The third-order valence-electron chi connectivity index (χ3n) is 2.50. The number of aromatic amines is 1. The first-order chi connectivity index (χ1) is 9.10. The second kappa shape index (κ2) is 5.47. The van der Waals surface area contributed by atoms with E-state index in [0.29, 0.717) is 0 Å². The van der Waals surface area contributed by atoms with Crippen LogP contribution in [0.5, 0.6) is 0 Å². The van der Waals surface area contributed by atoms with Crippen molar-refractivity contribution in [3.8, 4) is 0 Å². The van der Waals surface area contributed by atoms with Gasteiger partial charge in [-0.3, -0.25) is 14.3 Å². The van der Waals surface area contributed by atoms with Crippen LogP contribution in [0.3, 0.4) is 0 Å². The molecule has 19 heavy (non-hydrogen) atoms. The Kier molecular flexibility index (Phi) is 3.74. The second-order valence-corrected chi connectivity index (χ2v) is 3.95. The van der Waals surface area contributed by atoms with E-state index in [9.17, 15) is 14.0 Å². The van der Waals surface area contributed by atoms with E-state index >= 15 is 0 Å². The van der Waals surface area contributed by atoms with E-state index in [1.165, 1.54) is 0 Å². The zero-order valence-electron chi connectivity index (χ0n) is 10.3. The number of H-pyrrole nitrogens is 1. The van der Waals surface area contributed by atoms with Crippen LogP contribution in [0.4, 0.5) is 10.2 Å². The molecule has 0 spiro atoms. The molecular formula is C12H13FN4O2. The van der Waals surface area contributed by atoms with Crippen molar-refractivity contribution >= 4 is 5.82 Å². The smallest absolute Gasteiger partial charge is 0.328 e. The summed E-state index contributed by atoms with van der Waals surface area (Å²) in [7, 11) is 0. The molecular weight excluding hydrogens is 251 g/mol. The van der Waals surface area contributed by atoms with Gasteiger partial charge in [0, 0.05) is 12.7 Å². The highest BCUT2D eigenvalue weighted by Crippen LogP contribution is 2.05. The van der Waals surface area contributed by atoms with Crippen molar-refractivity contribution in [2.24, 2.45) is 0 Å². The van der Waals surface area contributed by atoms with Gasteiger partial charge in [-0.05, 0) is 18.6 Å². The SMILES string of the molecule is CCNc1ccc(Cn2cc(F)c(=O)[nH]c2=O)cn1. The Morgan fingerprint density at radius 1 is 1.42 bits per heavy atom. The first kappa shape index (κ1) is 13.0. The number of hydrogen-bond donors (Lipinski definition) is 2. The minimum atomic E-state index is -1.01. The molecule has 0 atom stereocenters. The quantitative estimate of drug-likeness (QED) is 0.845. The maximum Gasteiger partial charge on any atom is 0.328 e. The predicted molar refractivity (Wildman–Crippen MR) is 68.8 cm³/mol. The summed E-state index contributed by atoms with van der Waals surface area (Å²) in [5.41, 5.74) is -0.931. The maximum absolute atomic E-state index is 13.1. The lowest BCUT2D eigenvalue weighted by Gasteiger charge is -2.06. The van der Waals surface area contributed by atoms with Crippen molar-refractivity contribution in [1.82, 2.24) is 14.5 Å². The molecule has 2 aromatic heterocycles. The van der Waals surface area contributed by atoms with Gasteiger partial charge in [0.05, 0.1) is 12.7 Å². The molecule has 2 heterocycles. The molecule has 0 bridgehead atoms. The Labute approximate surface area is 107 Å². The summed E-state index contributed by atoms with van der Waals surface area (Å²) in [4.78, 5) is 28.4. The first-order valence-electron chi connectivity index (χ1n) is 5.78. The van der Waals surface area contributed by atoms with Crippen LogP contribution < -0.4 is 16.6 Å². The summed E-state index contributed by atoms with van der Waals surface area (Å²) in [6.45, 7) is 2.86. The Hall–Kier alpha value is -2.44. The van der Waals surface area contributed by atoms with Gasteiger partial charge < -0.3 is 5.32 Å². The van der Waals surface area contributed by atoms with Gasteiger partial charge in [-0.15, -0.1) is 0 Å². The summed E-state index contributed by atoms with van der Waals surface area (Å²) in [5.74, 6) is -0.261. The van der Waals surface area contributed by atoms with E-state index in [2.05, 4.69) is 10.3 Å². The summed E-state index contributed by atoms with van der Waals surface area (Å²) >= 11 is 0.